The van der Waals surface area contributed by atoms with Crippen molar-refractivity contribution in [1.29, 1.82) is 0 Å². The summed E-state index contributed by atoms with van der Waals surface area (Å²) in [5.74, 6) is 0.918. The molecule has 0 bridgehead atoms. The summed E-state index contributed by atoms with van der Waals surface area (Å²) >= 11 is 0. The van der Waals surface area contributed by atoms with Crippen molar-refractivity contribution < 1.29 is 9.53 Å². The Kier molecular flexibility index (Phi) is 4.64. The van der Waals surface area contributed by atoms with E-state index in [1.807, 2.05) is 12.1 Å². The van der Waals surface area contributed by atoms with Gasteiger partial charge < -0.3 is 10.1 Å². The quantitative estimate of drug-likeness (QED) is 0.769. The Morgan fingerprint density at radius 2 is 2.00 bits per heavy atom. The highest BCUT2D eigenvalue weighted by Gasteiger charge is 2.11. The molecule has 6 heteroatoms. The second-order valence-electron chi connectivity index (χ2n) is 6.34. The van der Waals surface area contributed by atoms with E-state index in [0.29, 0.717) is 6.54 Å². The van der Waals surface area contributed by atoms with E-state index in [9.17, 15) is 4.79 Å². The molecule has 26 heavy (non-hydrogen) atoms. The van der Waals surface area contributed by atoms with E-state index < -0.39 is 0 Å². The number of hydrogen-bond donors (Lipinski definition) is 1. The number of fused-ring (bicyclic) bond motifs is 1. The number of benzene rings is 2. The van der Waals surface area contributed by atoms with Crippen LogP contribution in [0.3, 0.4) is 0 Å². The van der Waals surface area contributed by atoms with Crippen LogP contribution < -0.4 is 10.1 Å². The third kappa shape index (κ3) is 3.74. The van der Waals surface area contributed by atoms with Crippen molar-refractivity contribution in [1.82, 2.24) is 20.1 Å². The van der Waals surface area contributed by atoms with Gasteiger partial charge in [-0.2, -0.15) is 5.10 Å². The lowest BCUT2D eigenvalue weighted by Crippen LogP contribution is -2.27. The number of hydrogen-bond acceptors (Lipinski definition) is 4. The van der Waals surface area contributed by atoms with Crippen LogP contribution in [0.5, 0.6) is 5.75 Å². The van der Waals surface area contributed by atoms with Crippen molar-refractivity contribution in [3.8, 4) is 16.9 Å². The molecular formula is C20H20N4O2. The molecule has 0 radical (unpaired) electrons. The minimum Gasteiger partial charge on any atom is -0.493 e. The molecule has 0 spiro atoms. The van der Waals surface area contributed by atoms with Gasteiger partial charge in [-0.25, -0.2) is 9.67 Å². The van der Waals surface area contributed by atoms with Crippen molar-refractivity contribution in [3.05, 3.63) is 66.2 Å². The molecule has 0 aliphatic carbocycles. The van der Waals surface area contributed by atoms with E-state index in [1.165, 1.54) is 28.5 Å². The van der Waals surface area contributed by atoms with Crippen molar-refractivity contribution in [2.45, 2.75) is 25.9 Å². The average Bonchev–Trinajstić information content (AvgIpc) is 3.19. The molecule has 0 fully saturated rings. The summed E-state index contributed by atoms with van der Waals surface area (Å²) in [5.41, 5.74) is 4.69. The maximum absolute atomic E-state index is 11.9. The lowest BCUT2D eigenvalue weighted by Gasteiger charge is -2.18. The normalized spacial score (nSPS) is 12.9. The Morgan fingerprint density at radius 1 is 1.15 bits per heavy atom. The highest BCUT2D eigenvalue weighted by molar-refractivity contribution is 5.75. The van der Waals surface area contributed by atoms with Gasteiger partial charge in [-0.05, 0) is 47.2 Å². The number of ether oxygens (including phenoxy) is 1. The Balaban J connectivity index is 1.38. The van der Waals surface area contributed by atoms with Crippen LogP contribution in [0.2, 0.25) is 0 Å². The molecule has 2 aromatic carbocycles. The highest BCUT2D eigenvalue weighted by atomic mass is 16.5. The van der Waals surface area contributed by atoms with Crippen molar-refractivity contribution in [3.63, 3.8) is 0 Å². The molecule has 3 aromatic rings. The van der Waals surface area contributed by atoms with E-state index in [4.69, 9.17) is 4.74 Å². The third-order valence-corrected chi connectivity index (χ3v) is 4.46. The molecular weight excluding hydrogens is 328 g/mol. The second-order valence-corrected chi connectivity index (χ2v) is 6.34. The first-order valence-corrected chi connectivity index (χ1v) is 8.72. The molecule has 2 heterocycles. The fourth-order valence-corrected chi connectivity index (χ4v) is 3.07. The number of amides is 1. The lowest BCUT2D eigenvalue weighted by atomic mass is 9.98. The van der Waals surface area contributed by atoms with Crippen LogP contribution in [0.25, 0.3) is 11.1 Å². The fourth-order valence-electron chi connectivity index (χ4n) is 3.07. The summed E-state index contributed by atoms with van der Waals surface area (Å²) in [7, 11) is 0. The predicted octanol–water partition coefficient (Wildman–Crippen LogP) is 2.59. The van der Waals surface area contributed by atoms with E-state index in [1.54, 1.807) is 0 Å². The molecule has 0 atom stereocenters. The largest absolute Gasteiger partial charge is 0.493 e. The number of carbonyl (C=O) groups is 1. The molecule has 4 rings (SSSR count). The number of rotatable bonds is 5. The van der Waals surface area contributed by atoms with Crippen LogP contribution in [-0.4, -0.2) is 27.3 Å². The molecule has 132 valence electrons. The zero-order valence-corrected chi connectivity index (χ0v) is 14.4. The molecule has 0 unspecified atom stereocenters. The van der Waals surface area contributed by atoms with Crippen LogP contribution >= 0.6 is 0 Å². The number of aryl methyl sites for hydroxylation is 1. The van der Waals surface area contributed by atoms with Gasteiger partial charge in [0.25, 0.3) is 0 Å². The zero-order chi connectivity index (χ0) is 17.8. The van der Waals surface area contributed by atoms with Gasteiger partial charge >= 0.3 is 0 Å². The SMILES string of the molecule is O=C(Cn1cncn1)NCc1ccc(-c2ccc3c(c2)CCCO3)cc1. The molecule has 1 N–H and O–H groups in total. The van der Waals surface area contributed by atoms with Crippen LogP contribution in [0.15, 0.2) is 55.1 Å². The van der Waals surface area contributed by atoms with E-state index in [-0.39, 0.29) is 12.5 Å². The van der Waals surface area contributed by atoms with Gasteiger partial charge in [-0.1, -0.05) is 30.3 Å². The molecule has 0 saturated carbocycles. The second kappa shape index (κ2) is 7.39. The van der Waals surface area contributed by atoms with Crippen molar-refractivity contribution in [2.24, 2.45) is 0 Å². The minimum absolute atomic E-state index is 0.0886. The Bertz CT molecular complexity index is 889. The van der Waals surface area contributed by atoms with Gasteiger partial charge in [0, 0.05) is 6.54 Å². The summed E-state index contributed by atoms with van der Waals surface area (Å²) in [6.07, 6.45) is 5.08. The molecule has 6 nitrogen and oxygen atoms in total. The summed E-state index contributed by atoms with van der Waals surface area (Å²) in [5, 5.41) is 6.82. The van der Waals surface area contributed by atoms with Crippen LogP contribution in [0.4, 0.5) is 0 Å². The van der Waals surface area contributed by atoms with Crippen LogP contribution in [0, 0.1) is 0 Å². The molecule has 1 aliphatic rings. The summed E-state index contributed by atoms with van der Waals surface area (Å²) in [4.78, 5) is 15.7. The fraction of sp³-hybridized carbons (Fsp3) is 0.250. The number of nitrogens with one attached hydrogen (secondary N) is 1. The average molecular weight is 348 g/mol. The standard InChI is InChI=1S/C20H20N4O2/c25-20(12-24-14-21-13-23-24)22-11-15-3-5-16(6-4-15)17-7-8-19-18(10-17)2-1-9-26-19/h3-8,10,13-14H,1-2,9,11-12H2,(H,22,25). The number of carbonyl (C=O) groups excluding carboxylic acids is 1. The molecule has 0 saturated heterocycles. The summed E-state index contributed by atoms with van der Waals surface area (Å²) in [6.45, 7) is 1.48. The van der Waals surface area contributed by atoms with Gasteiger partial charge in [-0.3, -0.25) is 4.79 Å². The number of aromatic nitrogens is 3. The monoisotopic (exact) mass is 348 g/mol. The molecule has 1 aromatic heterocycles. The predicted molar refractivity (Wildman–Crippen MR) is 97.6 cm³/mol. The zero-order valence-electron chi connectivity index (χ0n) is 14.4. The Labute approximate surface area is 151 Å². The molecule has 1 aliphatic heterocycles. The van der Waals surface area contributed by atoms with Gasteiger partial charge in [0.1, 0.15) is 24.9 Å². The Morgan fingerprint density at radius 3 is 2.81 bits per heavy atom. The summed E-state index contributed by atoms with van der Waals surface area (Å²) in [6, 6.07) is 14.6. The smallest absolute Gasteiger partial charge is 0.242 e. The first kappa shape index (κ1) is 16.3. The molecule has 1 amide bonds. The maximum atomic E-state index is 11.9. The van der Waals surface area contributed by atoms with Gasteiger partial charge in [0.05, 0.1) is 6.61 Å². The summed E-state index contributed by atoms with van der Waals surface area (Å²) < 4.78 is 7.17. The van der Waals surface area contributed by atoms with Crippen molar-refractivity contribution >= 4 is 5.91 Å². The van der Waals surface area contributed by atoms with E-state index in [2.05, 4.69) is 45.7 Å². The minimum atomic E-state index is -0.0886. The van der Waals surface area contributed by atoms with Crippen molar-refractivity contribution in [2.75, 3.05) is 6.61 Å². The lowest BCUT2D eigenvalue weighted by molar-refractivity contribution is -0.122. The van der Waals surface area contributed by atoms with Crippen LogP contribution in [-0.2, 0) is 24.3 Å². The number of nitrogens with zero attached hydrogens (tertiary/aromatic N) is 3. The van der Waals surface area contributed by atoms with E-state index >= 15 is 0 Å². The highest BCUT2D eigenvalue weighted by Crippen LogP contribution is 2.30. The maximum Gasteiger partial charge on any atom is 0.242 e. The van der Waals surface area contributed by atoms with Crippen LogP contribution in [0.1, 0.15) is 17.5 Å². The van der Waals surface area contributed by atoms with Gasteiger partial charge in [0.15, 0.2) is 0 Å². The Hall–Kier alpha value is -3.15. The first-order chi connectivity index (χ1) is 12.8. The van der Waals surface area contributed by atoms with Gasteiger partial charge in [0.2, 0.25) is 5.91 Å². The topological polar surface area (TPSA) is 69.0 Å². The van der Waals surface area contributed by atoms with Gasteiger partial charge in [-0.15, -0.1) is 0 Å². The first-order valence-electron chi connectivity index (χ1n) is 8.72. The third-order valence-electron chi connectivity index (χ3n) is 4.46. The van der Waals surface area contributed by atoms with E-state index in [0.717, 1.165) is 36.3 Å².